The van der Waals surface area contributed by atoms with E-state index in [1.165, 1.54) is 6.33 Å². The van der Waals surface area contributed by atoms with Gasteiger partial charge in [0.25, 0.3) is 11.7 Å². The third-order valence-electron chi connectivity index (χ3n) is 5.66. The molecule has 1 unspecified atom stereocenters. The summed E-state index contributed by atoms with van der Waals surface area (Å²) < 4.78 is 3.83. The van der Waals surface area contributed by atoms with Gasteiger partial charge in [-0.2, -0.15) is 10.1 Å². The average Bonchev–Trinajstić information content (AvgIpc) is 3.32. The van der Waals surface area contributed by atoms with Gasteiger partial charge in [0, 0.05) is 48.8 Å². The summed E-state index contributed by atoms with van der Waals surface area (Å²) in [5.41, 5.74) is 3.85. The second-order valence-electron chi connectivity index (χ2n) is 7.56. The molecule has 28 heavy (non-hydrogen) atoms. The van der Waals surface area contributed by atoms with Crippen LogP contribution >= 0.6 is 0 Å². The maximum Gasteiger partial charge on any atom is 0.256 e. The number of fused-ring (bicyclic) bond motifs is 2. The molecule has 1 aromatic carbocycles. The third-order valence-corrected chi connectivity index (χ3v) is 5.66. The summed E-state index contributed by atoms with van der Waals surface area (Å²) in [6.07, 6.45) is 5.48. The van der Waals surface area contributed by atoms with Crippen LogP contribution in [0.15, 0.2) is 42.9 Å². The fraction of sp³-hybridized carbons (Fsp3) is 0.333. The number of likely N-dealkylation sites (tertiary alicyclic amines) is 1. The quantitative estimate of drug-likeness (QED) is 0.541. The van der Waals surface area contributed by atoms with Gasteiger partial charge in [0.1, 0.15) is 6.33 Å². The Morgan fingerprint density at radius 1 is 1.25 bits per heavy atom. The zero-order valence-corrected chi connectivity index (χ0v) is 16.0. The molecule has 7 nitrogen and oxygen atoms in total. The van der Waals surface area contributed by atoms with E-state index in [-0.39, 0.29) is 11.8 Å². The van der Waals surface area contributed by atoms with Crippen molar-refractivity contribution in [3.8, 4) is 0 Å². The maximum absolute atomic E-state index is 13.3. The molecule has 1 fully saturated rings. The number of nitrogens with zero attached hydrogens (tertiary/aromatic N) is 6. The number of aryl methyl sites for hydroxylation is 2. The molecule has 1 saturated heterocycles. The number of hydrogen-bond acceptors (Lipinski definition) is 4. The second kappa shape index (κ2) is 6.44. The summed E-state index contributed by atoms with van der Waals surface area (Å²) in [6.45, 7) is 3.43. The standard InChI is InChI=1S/C21H22N6O/c1-14-10-19(27-21(24-14)22-13-23-27)15-6-5-9-26(11-15)20(28)17-12-25(2)18-8-4-3-7-16(17)18/h3-4,7-8,10,12-13,15H,5-6,9,11H2,1-2H3. The first-order chi connectivity index (χ1) is 13.6. The Morgan fingerprint density at radius 3 is 3.00 bits per heavy atom. The summed E-state index contributed by atoms with van der Waals surface area (Å²) in [6, 6.07) is 10.1. The fourth-order valence-electron chi connectivity index (χ4n) is 4.34. The van der Waals surface area contributed by atoms with Crippen molar-refractivity contribution in [2.75, 3.05) is 13.1 Å². The zero-order valence-electron chi connectivity index (χ0n) is 16.0. The Hall–Kier alpha value is -3.22. The molecule has 4 heterocycles. The molecule has 0 N–H and O–H groups in total. The number of benzene rings is 1. The van der Waals surface area contributed by atoms with Crippen molar-refractivity contribution in [1.82, 2.24) is 29.0 Å². The van der Waals surface area contributed by atoms with E-state index in [0.29, 0.717) is 12.3 Å². The van der Waals surface area contributed by atoms with Crippen LogP contribution in [0.3, 0.4) is 0 Å². The van der Waals surface area contributed by atoms with E-state index in [9.17, 15) is 4.79 Å². The van der Waals surface area contributed by atoms with Crippen LogP contribution in [-0.2, 0) is 7.05 Å². The molecular formula is C21H22N6O. The molecule has 1 aliphatic heterocycles. The number of amides is 1. The predicted octanol–water partition coefficient (Wildman–Crippen LogP) is 2.94. The highest BCUT2D eigenvalue weighted by atomic mass is 16.2. The topological polar surface area (TPSA) is 68.3 Å². The van der Waals surface area contributed by atoms with E-state index in [2.05, 4.69) is 21.1 Å². The lowest BCUT2D eigenvalue weighted by Crippen LogP contribution is -2.39. The molecule has 1 amide bonds. The van der Waals surface area contributed by atoms with Crippen LogP contribution in [0.5, 0.6) is 0 Å². The Bertz CT molecular complexity index is 1190. The fourth-order valence-corrected chi connectivity index (χ4v) is 4.34. The molecule has 4 aromatic rings. The summed E-state index contributed by atoms with van der Waals surface area (Å²) in [7, 11) is 1.99. The van der Waals surface area contributed by atoms with E-state index in [1.54, 1.807) is 0 Å². The van der Waals surface area contributed by atoms with Gasteiger partial charge < -0.3 is 9.47 Å². The van der Waals surface area contributed by atoms with Gasteiger partial charge in [-0.3, -0.25) is 4.79 Å². The lowest BCUT2D eigenvalue weighted by atomic mass is 9.93. The Labute approximate surface area is 162 Å². The van der Waals surface area contributed by atoms with Crippen LogP contribution in [0.1, 0.15) is 40.5 Å². The van der Waals surface area contributed by atoms with Crippen LogP contribution in [-0.4, -0.2) is 48.0 Å². The number of piperidine rings is 1. The van der Waals surface area contributed by atoms with Gasteiger partial charge in [0.2, 0.25) is 0 Å². The first kappa shape index (κ1) is 16.9. The highest BCUT2D eigenvalue weighted by Crippen LogP contribution is 2.29. The van der Waals surface area contributed by atoms with Gasteiger partial charge in [-0.25, -0.2) is 9.50 Å². The smallest absolute Gasteiger partial charge is 0.256 e. The van der Waals surface area contributed by atoms with E-state index in [4.69, 9.17) is 0 Å². The number of rotatable bonds is 2. The summed E-state index contributed by atoms with van der Waals surface area (Å²) in [5.74, 6) is 0.938. The predicted molar refractivity (Wildman–Crippen MR) is 106 cm³/mol. The van der Waals surface area contributed by atoms with Gasteiger partial charge in [-0.15, -0.1) is 0 Å². The van der Waals surface area contributed by atoms with Crippen LogP contribution in [0, 0.1) is 6.92 Å². The molecule has 0 aliphatic carbocycles. The normalized spacial score (nSPS) is 17.5. The van der Waals surface area contributed by atoms with Crippen molar-refractivity contribution in [1.29, 1.82) is 0 Å². The summed E-state index contributed by atoms with van der Waals surface area (Å²) >= 11 is 0. The van der Waals surface area contributed by atoms with Gasteiger partial charge >= 0.3 is 0 Å². The Morgan fingerprint density at radius 2 is 2.11 bits per heavy atom. The summed E-state index contributed by atoms with van der Waals surface area (Å²) in [5, 5.41) is 5.35. The highest BCUT2D eigenvalue weighted by Gasteiger charge is 2.29. The number of carbonyl (C=O) groups is 1. The minimum atomic E-state index is 0.0992. The third kappa shape index (κ3) is 2.66. The van der Waals surface area contributed by atoms with Gasteiger partial charge in [0.15, 0.2) is 0 Å². The molecule has 3 aromatic heterocycles. The number of aromatic nitrogens is 5. The van der Waals surface area contributed by atoms with E-state index >= 15 is 0 Å². The van der Waals surface area contributed by atoms with Gasteiger partial charge in [-0.1, -0.05) is 18.2 Å². The van der Waals surface area contributed by atoms with Crippen LogP contribution in [0.4, 0.5) is 0 Å². The molecule has 0 spiro atoms. The van der Waals surface area contributed by atoms with Crippen molar-refractivity contribution in [2.45, 2.75) is 25.7 Å². The number of carbonyl (C=O) groups excluding carboxylic acids is 1. The minimum absolute atomic E-state index is 0.0992. The van der Waals surface area contributed by atoms with Crippen molar-refractivity contribution in [3.05, 3.63) is 59.8 Å². The molecule has 1 atom stereocenters. The van der Waals surface area contributed by atoms with Crippen molar-refractivity contribution >= 4 is 22.6 Å². The maximum atomic E-state index is 13.3. The summed E-state index contributed by atoms with van der Waals surface area (Å²) in [4.78, 5) is 24.0. The largest absolute Gasteiger partial charge is 0.350 e. The van der Waals surface area contributed by atoms with Crippen molar-refractivity contribution < 1.29 is 4.79 Å². The number of hydrogen-bond donors (Lipinski definition) is 0. The van der Waals surface area contributed by atoms with E-state index in [1.807, 2.05) is 58.4 Å². The van der Waals surface area contributed by atoms with Crippen molar-refractivity contribution in [3.63, 3.8) is 0 Å². The van der Waals surface area contributed by atoms with E-state index < -0.39 is 0 Å². The first-order valence-electron chi connectivity index (χ1n) is 9.62. The SMILES string of the molecule is Cc1cc(C2CCCN(C(=O)c3cn(C)c4ccccc34)C2)n2ncnc2n1. The highest BCUT2D eigenvalue weighted by molar-refractivity contribution is 6.07. The van der Waals surface area contributed by atoms with E-state index in [0.717, 1.165) is 47.2 Å². The molecule has 7 heteroatoms. The second-order valence-corrected chi connectivity index (χ2v) is 7.56. The first-order valence-corrected chi connectivity index (χ1v) is 9.62. The molecule has 0 radical (unpaired) electrons. The number of para-hydroxylation sites is 1. The Kier molecular flexibility index (Phi) is 3.89. The van der Waals surface area contributed by atoms with Gasteiger partial charge in [-0.05, 0) is 31.9 Å². The average molecular weight is 374 g/mol. The van der Waals surface area contributed by atoms with Gasteiger partial charge in [0.05, 0.1) is 11.3 Å². The monoisotopic (exact) mass is 374 g/mol. The Balaban J connectivity index is 1.48. The minimum Gasteiger partial charge on any atom is -0.350 e. The molecule has 5 rings (SSSR count). The van der Waals surface area contributed by atoms with Crippen LogP contribution in [0.25, 0.3) is 16.7 Å². The lowest BCUT2D eigenvalue weighted by molar-refractivity contribution is 0.0707. The molecular weight excluding hydrogens is 352 g/mol. The molecule has 1 aliphatic rings. The molecule has 0 saturated carbocycles. The molecule has 0 bridgehead atoms. The van der Waals surface area contributed by atoms with Crippen molar-refractivity contribution in [2.24, 2.45) is 7.05 Å². The molecule has 142 valence electrons. The van der Waals surface area contributed by atoms with Crippen LogP contribution < -0.4 is 0 Å². The lowest BCUT2D eigenvalue weighted by Gasteiger charge is -2.33. The zero-order chi connectivity index (χ0) is 19.3. The van der Waals surface area contributed by atoms with Crippen LogP contribution in [0.2, 0.25) is 0 Å².